The molecule has 0 saturated carbocycles. The normalized spacial score (nSPS) is 18.6. The second-order valence-corrected chi connectivity index (χ2v) is 6.72. The molecule has 0 bridgehead atoms. The van der Waals surface area contributed by atoms with Gasteiger partial charge in [-0.25, -0.2) is 22.7 Å². The van der Waals surface area contributed by atoms with Crippen LogP contribution in [0.15, 0.2) is 18.2 Å². The Kier molecular flexibility index (Phi) is 4.47. The van der Waals surface area contributed by atoms with Gasteiger partial charge in [0.25, 0.3) is 0 Å². The maximum absolute atomic E-state index is 13.9. The van der Waals surface area contributed by atoms with Gasteiger partial charge in [-0.15, -0.1) is 0 Å². The molecule has 0 radical (unpaired) electrons. The van der Waals surface area contributed by atoms with Crippen LogP contribution in [-0.2, 0) is 19.6 Å². The summed E-state index contributed by atoms with van der Waals surface area (Å²) in [5, 5.41) is 4.97. The molecule has 7 nitrogen and oxygen atoms in total. The van der Waals surface area contributed by atoms with Gasteiger partial charge in [0.15, 0.2) is 0 Å². The quantitative estimate of drug-likeness (QED) is 0.797. The van der Waals surface area contributed by atoms with Crippen LogP contribution in [0.1, 0.15) is 16.8 Å². The van der Waals surface area contributed by atoms with Crippen molar-refractivity contribution < 1.29 is 27.1 Å². The largest absolute Gasteiger partial charge is 0.465 e. The minimum atomic E-state index is -3.68. The Hall–Kier alpha value is -2.00. The Labute approximate surface area is 126 Å². The van der Waals surface area contributed by atoms with Crippen molar-refractivity contribution in [1.29, 1.82) is 0 Å². The van der Waals surface area contributed by atoms with E-state index in [1.807, 2.05) is 0 Å². The summed E-state index contributed by atoms with van der Waals surface area (Å²) in [6.07, 6.45) is 0.0246. The zero-order valence-corrected chi connectivity index (χ0v) is 12.6. The molecule has 120 valence electrons. The number of primary sulfonamides is 1. The number of methoxy groups -OCH3 is 1. The van der Waals surface area contributed by atoms with Gasteiger partial charge in [0.1, 0.15) is 5.82 Å². The first kappa shape index (κ1) is 16.4. The van der Waals surface area contributed by atoms with E-state index < -0.39 is 27.7 Å². The summed E-state index contributed by atoms with van der Waals surface area (Å²) in [6.45, 7) is 0.131. The number of nitrogens with zero attached hydrogens (tertiary/aromatic N) is 1. The van der Waals surface area contributed by atoms with Gasteiger partial charge in [-0.1, -0.05) is 0 Å². The highest BCUT2D eigenvalue weighted by Crippen LogP contribution is 2.27. The van der Waals surface area contributed by atoms with Crippen molar-refractivity contribution in [3.05, 3.63) is 29.6 Å². The van der Waals surface area contributed by atoms with E-state index in [0.29, 0.717) is 0 Å². The number of anilines is 1. The number of benzene rings is 1. The Morgan fingerprint density at radius 1 is 1.50 bits per heavy atom. The van der Waals surface area contributed by atoms with E-state index >= 15 is 0 Å². The molecular weight excluding hydrogens is 315 g/mol. The zero-order valence-electron chi connectivity index (χ0n) is 11.8. The van der Waals surface area contributed by atoms with Gasteiger partial charge in [-0.3, -0.25) is 4.79 Å². The van der Waals surface area contributed by atoms with Crippen molar-refractivity contribution in [3.63, 3.8) is 0 Å². The summed E-state index contributed by atoms with van der Waals surface area (Å²) in [6, 6.07) is 3.67. The van der Waals surface area contributed by atoms with Crippen LogP contribution in [0.2, 0.25) is 0 Å². The molecular formula is C13H15FN2O5S. The number of halogens is 1. The fraction of sp³-hybridized carbons (Fsp3) is 0.385. The monoisotopic (exact) mass is 330 g/mol. The fourth-order valence-corrected chi connectivity index (χ4v) is 3.30. The first-order valence-corrected chi connectivity index (χ1v) is 8.11. The lowest BCUT2D eigenvalue weighted by Gasteiger charge is -2.17. The predicted octanol–water partition coefficient (Wildman–Crippen LogP) is 0.254. The summed E-state index contributed by atoms with van der Waals surface area (Å²) in [7, 11) is -2.54. The van der Waals surface area contributed by atoms with Crippen LogP contribution in [0.4, 0.5) is 10.1 Å². The Morgan fingerprint density at radius 2 is 2.18 bits per heavy atom. The topological polar surface area (TPSA) is 107 Å². The molecule has 22 heavy (non-hydrogen) atoms. The summed E-state index contributed by atoms with van der Waals surface area (Å²) in [5.74, 6) is -2.70. The minimum absolute atomic E-state index is 0.0246. The number of carbonyl (C=O) groups excluding carboxylic acids is 2. The van der Waals surface area contributed by atoms with Gasteiger partial charge in [0, 0.05) is 24.6 Å². The average Bonchev–Trinajstić information content (AvgIpc) is 2.76. The third-order valence-electron chi connectivity index (χ3n) is 3.34. The highest BCUT2D eigenvalue weighted by atomic mass is 32.2. The molecule has 9 heteroatoms. The number of ether oxygens (including phenoxy) is 1. The zero-order chi connectivity index (χ0) is 16.5. The Balaban J connectivity index is 2.20. The van der Waals surface area contributed by atoms with Crippen LogP contribution in [0, 0.1) is 11.7 Å². The Morgan fingerprint density at radius 3 is 2.73 bits per heavy atom. The van der Waals surface area contributed by atoms with Crippen LogP contribution in [0.25, 0.3) is 0 Å². The van der Waals surface area contributed by atoms with Gasteiger partial charge < -0.3 is 9.64 Å². The molecule has 2 N–H and O–H groups in total. The molecule has 0 aromatic heterocycles. The summed E-state index contributed by atoms with van der Waals surface area (Å²) >= 11 is 0. The molecule has 1 atom stereocenters. The van der Waals surface area contributed by atoms with Crippen molar-refractivity contribution in [3.8, 4) is 0 Å². The molecule has 1 aliphatic rings. The van der Waals surface area contributed by atoms with E-state index in [1.54, 1.807) is 0 Å². The molecule has 2 rings (SSSR count). The second-order valence-electron chi connectivity index (χ2n) is 5.06. The number of esters is 1. The van der Waals surface area contributed by atoms with Crippen LogP contribution in [0.5, 0.6) is 0 Å². The number of hydrogen-bond donors (Lipinski definition) is 1. The van der Waals surface area contributed by atoms with Crippen LogP contribution >= 0.6 is 0 Å². The number of nitrogens with two attached hydrogens (primary N) is 1. The maximum atomic E-state index is 13.9. The Bertz CT molecular complexity index is 719. The number of sulfonamides is 1. The molecule has 0 aliphatic carbocycles. The third-order valence-corrected chi connectivity index (χ3v) is 4.28. The standard InChI is InChI=1S/C13H15FN2O5S/c1-21-13(18)10-3-2-9(5-11(10)14)16-6-8(4-12(16)17)7-22(15,19)20/h2-3,5,8H,4,6-7H2,1H3,(H2,15,19,20). The van der Waals surface area contributed by atoms with Gasteiger partial charge in [-0.2, -0.15) is 0 Å². The van der Waals surface area contributed by atoms with E-state index in [1.165, 1.54) is 17.0 Å². The minimum Gasteiger partial charge on any atom is -0.465 e. The lowest BCUT2D eigenvalue weighted by Crippen LogP contribution is -2.27. The fourth-order valence-electron chi connectivity index (χ4n) is 2.42. The number of carbonyl (C=O) groups is 2. The van der Waals surface area contributed by atoms with Crippen molar-refractivity contribution in [1.82, 2.24) is 0 Å². The van der Waals surface area contributed by atoms with E-state index in [4.69, 9.17) is 5.14 Å². The smallest absolute Gasteiger partial charge is 0.340 e. The summed E-state index contributed by atoms with van der Waals surface area (Å²) in [4.78, 5) is 24.5. The number of rotatable bonds is 4. The maximum Gasteiger partial charge on any atom is 0.340 e. The van der Waals surface area contributed by atoms with Crippen LogP contribution < -0.4 is 10.0 Å². The first-order chi connectivity index (χ1) is 10.2. The summed E-state index contributed by atoms with van der Waals surface area (Å²) in [5.41, 5.74) is 0.0195. The molecule has 1 amide bonds. The number of hydrogen-bond acceptors (Lipinski definition) is 5. The molecule has 1 heterocycles. The molecule has 1 saturated heterocycles. The predicted molar refractivity (Wildman–Crippen MR) is 76.2 cm³/mol. The van der Waals surface area contributed by atoms with E-state index in [9.17, 15) is 22.4 Å². The number of amides is 1. The van der Waals surface area contributed by atoms with Gasteiger partial charge >= 0.3 is 5.97 Å². The van der Waals surface area contributed by atoms with E-state index in [-0.39, 0.29) is 35.9 Å². The van der Waals surface area contributed by atoms with Gasteiger partial charge in [0.05, 0.1) is 18.4 Å². The molecule has 0 spiro atoms. The average molecular weight is 330 g/mol. The molecule has 1 aromatic carbocycles. The van der Waals surface area contributed by atoms with Gasteiger partial charge in [-0.05, 0) is 18.2 Å². The highest BCUT2D eigenvalue weighted by Gasteiger charge is 2.33. The highest BCUT2D eigenvalue weighted by molar-refractivity contribution is 7.89. The molecule has 1 unspecified atom stereocenters. The van der Waals surface area contributed by atoms with E-state index in [2.05, 4.69) is 4.74 Å². The van der Waals surface area contributed by atoms with Crippen molar-refractivity contribution in [2.75, 3.05) is 24.3 Å². The van der Waals surface area contributed by atoms with E-state index in [0.717, 1.165) is 13.2 Å². The molecule has 1 aliphatic heterocycles. The molecule has 1 fully saturated rings. The van der Waals surface area contributed by atoms with Crippen LogP contribution in [-0.4, -0.2) is 39.7 Å². The molecule has 1 aromatic rings. The second kappa shape index (κ2) is 6.01. The van der Waals surface area contributed by atoms with Crippen molar-refractivity contribution in [2.45, 2.75) is 6.42 Å². The van der Waals surface area contributed by atoms with Crippen molar-refractivity contribution >= 4 is 27.6 Å². The lowest BCUT2D eigenvalue weighted by atomic mass is 10.1. The third kappa shape index (κ3) is 3.60. The van der Waals surface area contributed by atoms with Crippen molar-refractivity contribution in [2.24, 2.45) is 11.1 Å². The lowest BCUT2D eigenvalue weighted by molar-refractivity contribution is -0.117. The SMILES string of the molecule is COC(=O)c1ccc(N2CC(CS(N)(=O)=O)CC2=O)cc1F. The van der Waals surface area contributed by atoms with Gasteiger partial charge in [0.2, 0.25) is 15.9 Å². The summed E-state index contributed by atoms with van der Waals surface area (Å²) < 4.78 is 40.5. The first-order valence-electron chi connectivity index (χ1n) is 6.40. The van der Waals surface area contributed by atoms with Crippen LogP contribution in [0.3, 0.4) is 0 Å².